The fourth-order valence-electron chi connectivity index (χ4n) is 22.2. The van der Waals surface area contributed by atoms with Crippen molar-refractivity contribution in [1.82, 2.24) is 13.7 Å². The van der Waals surface area contributed by atoms with Crippen molar-refractivity contribution < 1.29 is 62.2 Å². The molecule has 0 radical (unpaired) electrons. The highest BCUT2D eigenvalue weighted by Crippen LogP contribution is 2.56. The summed E-state index contributed by atoms with van der Waals surface area (Å²) >= 11 is 2.77. The quantitative estimate of drug-likeness (QED) is 0.117. The molecular formula is C106H50B3F12N7O2S2. The Morgan fingerprint density at radius 2 is 0.485 bits per heavy atom. The summed E-state index contributed by atoms with van der Waals surface area (Å²) in [6, 6.07) is 78.5. The maximum absolute atomic E-state index is 18.7. The third-order valence-corrected chi connectivity index (χ3v) is 29.7. The van der Waals surface area contributed by atoms with Crippen LogP contribution in [0.25, 0.3) is 103 Å². The zero-order valence-electron chi connectivity index (χ0n) is 67.9. The lowest BCUT2D eigenvalue weighted by Gasteiger charge is -2.47. The van der Waals surface area contributed by atoms with E-state index in [-0.39, 0.29) is 113 Å². The van der Waals surface area contributed by atoms with Gasteiger partial charge >= 0.3 is 0 Å². The van der Waals surface area contributed by atoms with Crippen LogP contribution in [0.5, 0.6) is 23.0 Å². The minimum Gasteiger partial charge on any atom is -0.457 e. The molecule has 0 saturated carbocycles. The van der Waals surface area contributed by atoms with E-state index in [1.165, 1.54) is 124 Å². The first-order chi connectivity index (χ1) is 64.5. The molecule has 6 aliphatic heterocycles. The van der Waals surface area contributed by atoms with Crippen LogP contribution in [0.2, 0.25) is 0 Å². The van der Waals surface area contributed by atoms with Gasteiger partial charge in [-0.2, -0.15) is 0 Å². The normalized spacial score (nSPS) is 13.6. The van der Waals surface area contributed by atoms with Crippen molar-refractivity contribution in [2.24, 2.45) is 0 Å². The summed E-state index contributed by atoms with van der Waals surface area (Å²) in [6.45, 7) is -3.40. The topological polar surface area (TPSA) is 46.2 Å². The summed E-state index contributed by atoms with van der Waals surface area (Å²) in [6.07, 6.45) is 0. The molecule has 17 aromatic carbocycles. The Balaban J connectivity index is 0.804. The molecule has 0 spiro atoms. The Morgan fingerprint density at radius 3 is 0.818 bits per heavy atom. The highest BCUT2D eigenvalue weighted by atomic mass is 32.1. The van der Waals surface area contributed by atoms with Crippen LogP contribution >= 0.6 is 22.7 Å². The summed E-state index contributed by atoms with van der Waals surface area (Å²) in [5.74, 6) is -10.6. The molecule has 5 aromatic heterocycles. The number of halogens is 12. The third kappa shape index (κ3) is 9.92. The van der Waals surface area contributed by atoms with Crippen molar-refractivity contribution >= 4 is 244 Å². The van der Waals surface area contributed by atoms with Gasteiger partial charge in [-0.25, -0.2) is 52.7 Å². The minimum atomic E-state index is -1.33. The Labute approximate surface area is 748 Å². The molecule has 0 atom stereocenters. The number of hydrogen-bond donors (Lipinski definition) is 0. The van der Waals surface area contributed by atoms with Gasteiger partial charge < -0.3 is 42.8 Å². The van der Waals surface area contributed by atoms with Crippen LogP contribution in [0.3, 0.4) is 0 Å². The van der Waals surface area contributed by atoms with E-state index in [0.717, 1.165) is 68.7 Å². The summed E-state index contributed by atoms with van der Waals surface area (Å²) in [7, 11) is 0. The lowest BCUT2D eigenvalue weighted by molar-refractivity contribution is 0.494. The second kappa shape index (κ2) is 26.9. The second-order valence-electron chi connectivity index (χ2n) is 33.9. The first-order valence-electron chi connectivity index (χ1n) is 42.5. The van der Waals surface area contributed by atoms with Crippen LogP contribution < -0.4 is 76.9 Å². The van der Waals surface area contributed by atoms with Crippen LogP contribution in [0.1, 0.15) is 0 Å². The lowest BCUT2D eigenvalue weighted by Crippen LogP contribution is -2.66. The summed E-state index contributed by atoms with van der Waals surface area (Å²) in [5.41, 5.74) is 1.33. The first-order valence-corrected chi connectivity index (χ1v) is 44.1. The zero-order chi connectivity index (χ0) is 88.3. The van der Waals surface area contributed by atoms with Crippen molar-refractivity contribution in [3.8, 4) is 40.1 Å². The lowest BCUT2D eigenvalue weighted by atomic mass is 9.30. The van der Waals surface area contributed by atoms with Crippen molar-refractivity contribution in [2.45, 2.75) is 0 Å². The number of ether oxygens (including phenoxy) is 2. The molecule has 22 aromatic rings. The molecule has 0 amide bonds. The Hall–Kier alpha value is -15.8. The predicted molar refractivity (Wildman–Crippen MR) is 505 cm³/mol. The van der Waals surface area contributed by atoms with Crippen LogP contribution in [0, 0.1) is 69.8 Å². The number of anilines is 12. The largest absolute Gasteiger partial charge is 0.457 e. The van der Waals surface area contributed by atoms with Crippen molar-refractivity contribution in [3.05, 3.63) is 373 Å². The Morgan fingerprint density at radius 1 is 0.220 bits per heavy atom. The molecule has 0 fully saturated rings. The molecule has 0 bridgehead atoms. The molecule has 11 heterocycles. The van der Waals surface area contributed by atoms with E-state index in [1.54, 1.807) is 72.8 Å². The average molecular weight is 1780 g/mol. The van der Waals surface area contributed by atoms with Gasteiger partial charge in [0.2, 0.25) is 0 Å². The van der Waals surface area contributed by atoms with Gasteiger partial charge in [0.1, 0.15) is 116 Å². The first kappa shape index (κ1) is 75.2. The second-order valence-corrected chi connectivity index (χ2v) is 36.1. The van der Waals surface area contributed by atoms with Crippen molar-refractivity contribution in [1.29, 1.82) is 0 Å². The summed E-state index contributed by atoms with van der Waals surface area (Å²) < 4.78 is 240. The molecule has 26 heteroatoms. The number of rotatable bonds is 7. The molecule has 0 unspecified atom stereocenters. The SMILES string of the molecule is Fc1cccc(F)c1N1c2cc3c(cc2B2c4sc5ccccc5c4Oc4cc(-n5c6c(F)cccc6c6cccc(F)c65)cc1c42)B1c2cc4c(cc2N(c2c(F)cccc2F)c2cc(-n5c6ccccc6c6ccccc65)cc(c21)N3c1c(F)cccc1F)N(c1c(F)cccc1F)c1cc(-n2c3c(F)cccc3c3cccc(F)c32)cc2c1B4c1sc3ccccc3c1O2. The number of thiophene rings is 2. The minimum absolute atomic E-state index is 0.00230. The monoisotopic (exact) mass is 1780 g/mol. The van der Waals surface area contributed by atoms with E-state index in [9.17, 15) is 0 Å². The van der Waals surface area contributed by atoms with Crippen LogP contribution in [0.15, 0.2) is 303 Å². The fraction of sp³-hybridized carbons (Fsp3) is 0. The van der Waals surface area contributed by atoms with E-state index < -0.39 is 113 Å². The van der Waals surface area contributed by atoms with Crippen LogP contribution in [0.4, 0.5) is 121 Å². The molecule has 28 rings (SSSR count). The van der Waals surface area contributed by atoms with Crippen LogP contribution in [-0.4, -0.2) is 33.8 Å². The summed E-state index contributed by atoms with van der Waals surface area (Å²) in [4.78, 5) is 5.55. The van der Waals surface area contributed by atoms with Gasteiger partial charge in [0, 0.05) is 120 Å². The summed E-state index contributed by atoms with van der Waals surface area (Å²) in [5, 5.41) is 4.24. The molecule has 626 valence electrons. The molecule has 6 aliphatic rings. The van der Waals surface area contributed by atoms with Gasteiger partial charge in [-0.05, 0) is 184 Å². The number of para-hydroxylation sites is 10. The smallest absolute Gasteiger partial charge is 0.268 e. The predicted octanol–water partition coefficient (Wildman–Crippen LogP) is 24.0. The zero-order valence-corrected chi connectivity index (χ0v) is 69.5. The number of nitrogens with zero attached hydrogens (tertiary/aromatic N) is 7. The van der Waals surface area contributed by atoms with E-state index in [1.807, 2.05) is 114 Å². The van der Waals surface area contributed by atoms with Crippen molar-refractivity contribution in [2.75, 3.05) is 19.6 Å². The van der Waals surface area contributed by atoms with E-state index in [2.05, 4.69) is 0 Å². The Bertz CT molecular complexity index is 8400. The molecule has 0 saturated heterocycles. The van der Waals surface area contributed by atoms with E-state index in [4.69, 9.17) is 9.47 Å². The molecular weight excluding hydrogens is 1730 g/mol. The maximum atomic E-state index is 18.7. The number of aromatic nitrogens is 3. The van der Waals surface area contributed by atoms with E-state index in [0.29, 0.717) is 86.3 Å². The maximum Gasteiger partial charge on any atom is 0.268 e. The molecule has 0 N–H and O–H groups in total. The number of hydrogen-bond acceptors (Lipinski definition) is 8. The Kier molecular flexibility index (Phi) is 15.3. The highest BCUT2D eigenvalue weighted by molar-refractivity contribution is 7.34. The van der Waals surface area contributed by atoms with Crippen molar-refractivity contribution in [3.63, 3.8) is 0 Å². The number of fused-ring (bicyclic) bond motifs is 25. The fourth-order valence-corrected chi connectivity index (χ4v) is 24.7. The average Bonchev–Trinajstić information content (AvgIpc) is 0.843. The van der Waals surface area contributed by atoms with E-state index >= 15 is 52.7 Å². The standard InChI is InChI=1S/C106H50B3F12N7O2S2/c110-66-25-9-21-56-57-22-10-26-67(111)96(57)123(95(56)66)52-43-86-93-88(45-52)129-103-60-19-3-7-39-90(60)131-105(103)108(93)64-47-62-80(49-82(64)127(86)101-74(118)33-15-34-75(101)119)125(99-70(114)29-13-30-71(99)115)84-41-51(122-78-37-5-1-17-54(78)55-18-2-6-38-79(55)122)42-85-92(84)107(62)63-48-65-83(50-81(63)126(85)100-72(116)31-14-32-73(100)117)128(102-76(120)35-16-36-77(102)121)87-44-53(124-97-58(23-11-27-68(97)112)59-24-12-28-69(113)98(59)124)46-89-94(87)109(65)106-104(130-89)61-20-4-8-40-91(61)132-106/h1-50H. The van der Waals surface area contributed by atoms with Gasteiger partial charge in [-0.3, -0.25) is 0 Å². The molecule has 132 heavy (non-hydrogen) atoms. The highest BCUT2D eigenvalue weighted by Gasteiger charge is 2.54. The van der Waals surface area contributed by atoms with Crippen LogP contribution in [-0.2, 0) is 0 Å². The number of benzene rings is 17. The van der Waals surface area contributed by atoms with Gasteiger partial charge in [0.05, 0.1) is 50.2 Å². The molecule has 9 nitrogen and oxygen atoms in total. The third-order valence-electron chi connectivity index (χ3n) is 27.2. The van der Waals surface area contributed by atoms with Gasteiger partial charge in [-0.15, -0.1) is 22.7 Å². The van der Waals surface area contributed by atoms with Gasteiger partial charge in [-0.1, -0.05) is 146 Å². The molecule has 0 aliphatic carbocycles. The van der Waals surface area contributed by atoms with Gasteiger partial charge in [0.15, 0.2) is 0 Å². The van der Waals surface area contributed by atoms with Gasteiger partial charge in [0.25, 0.3) is 20.1 Å².